The van der Waals surface area contributed by atoms with Crippen LogP contribution in [0.25, 0.3) is 0 Å². The minimum atomic E-state index is -2.19. The summed E-state index contributed by atoms with van der Waals surface area (Å²) in [5, 5.41) is 0. The van der Waals surface area contributed by atoms with Crippen LogP contribution < -0.4 is 0 Å². The van der Waals surface area contributed by atoms with Crippen LogP contribution in [0.15, 0.2) is 0 Å². The van der Waals surface area contributed by atoms with Crippen LogP contribution in [0.4, 0.5) is 17.6 Å². The van der Waals surface area contributed by atoms with E-state index in [1.54, 1.807) is 0 Å². The lowest BCUT2D eigenvalue weighted by molar-refractivity contribution is -0.137. The SMILES string of the molecule is CCOC(=O)C(=O)c1c(F)c(F)c(C(=O)OC)c(F)c1F. The van der Waals surface area contributed by atoms with Crippen molar-refractivity contribution >= 4 is 17.7 Å². The maximum absolute atomic E-state index is 13.6. The van der Waals surface area contributed by atoms with Crippen molar-refractivity contribution in [1.29, 1.82) is 0 Å². The number of carbonyl (C=O) groups excluding carboxylic acids is 3. The molecule has 0 radical (unpaired) electrons. The zero-order chi connectivity index (χ0) is 16.3. The molecular formula is C12H8F4O5. The molecule has 0 aliphatic heterocycles. The Kier molecular flexibility index (Phi) is 5.01. The minimum Gasteiger partial charge on any atom is -0.465 e. The van der Waals surface area contributed by atoms with Gasteiger partial charge in [-0.2, -0.15) is 0 Å². The van der Waals surface area contributed by atoms with E-state index in [4.69, 9.17) is 0 Å². The molecule has 21 heavy (non-hydrogen) atoms. The molecule has 0 spiro atoms. The summed E-state index contributed by atoms with van der Waals surface area (Å²) in [7, 11) is 0.731. The lowest BCUT2D eigenvalue weighted by Gasteiger charge is -2.09. The number of ketones is 1. The first kappa shape index (κ1) is 16.6. The molecule has 0 fully saturated rings. The summed E-state index contributed by atoms with van der Waals surface area (Å²) in [6.07, 6.45) is 0. The fourth-order valence-electron chi connectivity index (χ4n) is 1.41. The van der Waals surface area contributed by atoms with Crippen molar-refractivity contribution in [2.75, 3.05) is 13.7 Å². The number of ether oxygens (including phenoxy) is 2. The van der Waals surface area contributed by atoms with Crippen molar-refractivity contribution in [1.82, 2.24) is 0 Å². The molecule has 9 heteroatoms. The summed E-state index contributed by atoms with van der Waals surface area (Å²) >= 11 is 0. The van der Waals surface area contributed by atoms with Gasteiger partial charge in [0.2, 0.25) is 0 Å². The van der Waals surface area contributed by atoms with Crippen molar-refractivity contribution in [3.05, 3.63) is 34.4 Å². The Balaban J connectivity index is 3.55. The van der Waals surface area contributed by atoms with Crippen LogP contribution in [-0.2, 0) is 14.3 Å². The fraction of sp³-hybridized carbons (Fsp3) is 0.250. The average Bonchev–Trinajstić information content (AvgIpc) is 2.45. The Labute approximate surface area is 115 Å². The summed E-state index contributed by atoms with van der Waals surface area (Å²) in [6, 6.07) is 0. The van der Waals surface area contributed by atoms with E-state index in [1.165, 1.54) is 6.92 Å². The molecular weight excluding hydrogens is 300 g/mol. The predicted molar refractivity (Wildman–Crippen MR) is 58.6 cm³/mol. The zero-order valence-corrected chi connectivity index (χ0v) is 10.8. The molecule has 1 aromatic carbocycles. The van der Waals surface area contributed by atoms with Crippen LogP contribution >= 0.6 is 0 Å². The second kappa shape index (κ2) is 6.33. The number of halogens is 4. The second-order valence-corrected chi connectivity index (χ2v) is 3.55. The van der Waals surface area contributed by atoms with Crippen LogP contribution in [0.3, 0.4) is 0 Å². The molecule has 0 heterocycles. The highest BCUT2D eigenvalue weighted by Crippen LogP contribution is 2.25. The molecule has 5 nitrogen and oxygen atoms in total. The summed E-state index contributed by atoms with van der Waals surface area (Å²) < 4.78 is 62.5. The van der Waals surface area contributed by atoms with Crippen LogP contribution in [0.1, 0.15) is 27.6 Å². The molecule has 0 bridgehead atoms. The molecule has 0 aromatic heterocycles. The standard InChI is InChI=1S/C12H8F4O5/c1-3-21-12(19)10(17)4-6(13)8(15)5(11(18)20-2)9(16)7(4)14/h3H2,1-2H3. The van der Waals surface area contributed by atoms with Gasteiger partial charge in [-0.05, 0) is 6.92 Å². The zero-order valence-electron chi connectivity index (χ0n) is 10.8. The van der Waals surface area contributed by atoms with E-state index in [1.807, 2.05) is 0 Å². The number of hydrogen-bond acceptors (Lipinski definition) is 5. The van der Waals surface area contributed by atoms with E-state index in [0.717, 1.165) is 7.11 Å². The van der Waals surface area contributed by atoms with Crippen molar-refractivity contribution in [2.24, 2.45) is 0 Å². The average molecular weight is 308 g/mol. The Morgan fingerprint density at radius 1 is 0.905 bits per heavy atom. The third-order valence-electron chi connectivity index (χ3n) is 2.34. The molecule has 0 saturated heterocycles. The van der Waals surface area contributed by atoms with E-state index in [9.17, 15) is 31.9 Å². The molecule has 1 aromatic rings. The highest BCUT2D eigenvalue weighted by atomic mass is 19.2. The quantitative estimate of drug-likeness (QED) is 0.279. The van der Waals surface area contributed by atoms with Crippen molar-refractivity contribution in [3.8, 4) is 0 Å². The van der Waals surface area contributed by atoms with Gasteiger partial charge in [0, 0.05) is 0 Å². The number of methoxy groups -OCH3 is 1. The van der Waals surface area contributed by atoms with Gasteiger partial charge in [0.15, 0.2) is 23.3 Å². The van der Waals surface area contributed by atoms with Crippen LogP contribution in [-0.4, -0.2) is 31.4 Å². The van der Waals surface area contributed by atoms with Crippen LogP contribution in [0, 0.1) is 23.3 Å². The van der Waals surface area contributed by atoms with E-state index >= 15 is 0 Å². The summed E-state index contributed by atoms with van der Waals surface area (Å²) in [4.78, 5) is 33.6. The van der Waals surface area contributed by atoms with Gasteiger partial charge in [-0.1, -0.05) is 0 Å². The van der Waals surface area contributed by atoms with Gasteiger partial charge < -0.3 is 9.47 Å². The number of Topliss-reactive ketones (excluding diaryl/α,β-unsaturated/α-hetero) is 1. The largest absolute Gasteiger partial charge is 0.465 e. The number of rotatable bonds is 4. The fourth-order valence-corrected chi connectivity index (χ4v) is 1.41. The normalized spacial score (nSPS) is 10.2. The van der Waals surface area contributed by atoms with Gasteiger partial charge in [-0.3, -0.25) is 4.79 Å². The topological polar surface area (TPSA) is 69.7 Å². The Morgan fingerprint density at radius 2 is 1.33 bits per heavy atom. The van der Waals surface area contributed by atoms with Gasteiger partial charge in [-0.25, -0.2) is 27.2 Å². The second-order valence-electron chi connectivity index (χ2n) is 3.55. The Hall–Kier alpha value is -2.45. The first-order valence-corrected chi connectivity index (χ1v) is 5.43. The number of hydrogen-bond donors (Lipinski definition) is 0. The molecule has 114 valence electrons. The van der Waals surface area contributed by atoms with Crippen molar-refractivity contribution < 1.29 is 41.4 Å². The van der Waals surface area contributed by atoms with Crippen molar-refractivity contribution in [2.45, 2.75) is 6.92 Å². The summed E-state index contributed by atoms with van der Waals surface area (Å²) in [6.45, 7) is 1.01. The van der Waals surface area contributed by atoms with Crippen molar-refractivity contribution in [3.63, 3.8) is 0 Å². The van der Waals surface area contributed by atoms with Crippen LogP contribution in [0.2, 0.25) is 0 Å². The van der Waals surface area contributed by atoms with Gasteiger partial charge in [0.05, 0.1) is 13.7 Å². The Morgan fingerprint density at radius 3 is 1.71 bits per heavy atom. The number of benzene rings is 1. The smallest absolute Gasteiger partial charge is 0.379 e. The molecule has 1 rings (SSSR count). The summed E-state index contributed by atoms with van der Waals surface area (Å²) in [5.41, 5.74) is -3.43. The van der Waals surface area contributed by atoms with E-state index in [0.29, 0.717) is 0 Å². The Bertz CT molecular complexity index is 598. The predicted octanol–water partition coefficient (Wildman–Crippen LogP) is 1.78. The third kappa shape index (κ3) is 2.86. The third-order valence-corrected chi connectivity index (χ3v) is 2.34. The summed E-state index contributed by atoms with van der Waals surface area (Å²) in [5.74, 6) is -14.0. The number of esters is 2. The maximum Gasteiger partial charge on any atom is 0.379 e. The van der Waals surface area contributed by atoms with E-state index in [2.05, 4.69) is 9.47 Å². The van der Waals surface area contributed by atoms with Gasteiger partial charge in [0.1, 0.15) is 11.1 Å². The van der Waals surface area contributed by atoms with Gasteiger partial charge in [-0.15, -0.1) is 0 Å². The van der Waals surface area contributed by atoms with Crippen LogP contribution in [0.5, 0.6) is 0 Å². The number of carbonyl (C=O) groups is 3. The van der Waals surface area contributed by atoms with E-state index in [-0.39, 0.29) is 6.61 Å². The molecule has 0 N–H and O–H groups in total. The first-order chi connectivity index (χ1) is 9.77. The van der Waals surface area contributed by atoms with E-state index < -0.39 is 52.1 Å². The lowest BCUT2D eigenvalue weighted by atomic mass is 10.0. The highest BCUT2D eigenvalue weighted by molar-refractivity contribution is 6.40. The molecule has 0 aliphatic rings. The minimum absolute atomic E-state index is 0.293. The molecule has 0 atom stereocenters. The molecule has 0 unspecified atom stereocenters. The molecule has 0 amide bonds. The van der Waals surface area contributed by atoms with Gasteiger partial charge in [0.25, 0.3) is 5.78 Å². The van der Waals surface area contributed by atoms with Gasteiger partial charge >= 0.3 is 11.9 Å². The lowest BCUT2D eigenvalue weighted by Crippen LogP contribution is -2.23. The first-order valence-electron chi connectivity index (χ1n) is 5.43. The maximum atomic E-state index is 13.6. The monoisotopic (exact) mass is 308 g/mol. The molecule has 0 aliphatic carbocycles. The molecule has 0 saturated carbocycles. The highest BCUT2D eigenvalue weighted by Gasteiger charge is 2.35.